The van der Waals surface area contributed by atoms with Crippen LogP contribution in [0.2, 0.25) is 0 Å². The third kappa shape index (κ3) is 2.18. The third-order valence-electron chi connectivity index (χ3n) is 3.09. The van der Waals surface area contributed by atoms with Gasteiger partial charge in [0.05, 0.1) is 6.54 Å². The first-order valence-electron chi connectivity index (χ1n) is 5.79. The first-order valence-corrected chi connectivity index (χ1v) is 5.79. The number of carbonyl (C=O) groups is 3. The molecule has 7 heteroatoms. The van der Waals surface area contributed by atoms with Gasteiger partial charge in [-0.2, -0.15) is 0 Å². The van der Waals surface area contributed by atoms with Crippen LogP contribution in [0.4, 0.5) is 4.79 Å². The van der Waals surface area contributed by atoms with E-state index in [-0.39, 0.29) is 5.57 Å². The lowest BCUT2D eigenvalue weighted by Gasteiger charge is -2.28. The largest absolute Gasteiger partial charge is 0.477 e. The molecule has 2 heterocycles. The Morgan fingerprint density at radius 2 is 1.58 bits per heavy atom. The van der Waals surface area contributed by atoms with E-state index in [4.69, 9.17) is 4.74 Å². The van der Waals surface area contributed by atoms with Crippen LogP contribution in [0.5, 0.6) is 0 Å². The normalized spacial score (nSPS) is 22.5. The van der Waals surface area contributed by atoms with Crippen LogP contribution in [0.1, 0.15) is 0 Å². The second kappa shape index (κ2) is 4.75. The Hall–Kier alpha value is -2.31. The van der Waals surface area contributed by atoms with E-state index in [0.717, 1.165) is 16.3 Å². The molecule has 0 N–H and O–H groups in total. The number of ether oxygens (including phenoxy) is 1. The van der Waals surface area contributed by atoms with E-state index < -0.39 is 17.8 Å². The number of allylic oxidation sites excluding steroid dienone is 2. The summed E-state index contributed by atoms with van der Waals surface area (Å²) >= 11 is 0. The quantitative estimate of drug-likeness (QED) is 0.483. The fourth-order valence-electron chi connectivity index (χ4n) is 1.83. The maximum atomic E-state index is 11.9. The highest BCUT2D eigenvalue weighted by molar-refractivity contribution is 6.28. The van der Waals surface area contributed by atoms with E-state index in [0.29, 0.717) is 12.5 Å². The van der Waals surface area contributed by atoms with Gasteiger partial charge in [0.1, 0.15) is 12.2 Å². The number of hydrogen-bond acceptors (Lipinski definition) is 5. The van der Waals surface area contributed by atoms with Gasteiger partial charge in [0.2, 0.25) is 0 Å². The van der Waals surface area contributed by atoms with Gasteiger partial charge in [0.15, 0.2) is 5.88 Å². The SMILES string of the molecule is CN1C(=O)C(=C/C=C2\OCCN2C)C(=O)N(C)C1=O. The number of nitrogens with zero attached hydrogens (tertiary/aromatic N) is 3. The van der Waals surface area contributed by atoms with Crippen LogP contribution in [0.15, 0.2) is 23.6 Å². The third-order valence-corrected chi connectivity index (χ3v) is 3.09. The summed E-state index contributed by atoms with van der Waals surface area (Å²) in [5.74, 6) is -0.619. The number of amides is 4. The van der Waals surface area contributed by atoms with Crippen molar-refractivity contribution in [1.29, 1.82) is 0 Å². The first-order chi connectivity index (χ1) is 8.93. The maximum absolute atomic E-state index is 11.9. The average Bonchev–Trinajstić information content (AvgIpc) is 2.80. The molecule has 4 amide bonds. The van der Waals surface area contributed by atoms with E-state index in [1.54, 1.807) is 6.08 Å². The maximum Gasteiger partial charge on any atom is 0.333 e. The Bertz CT molecular complexity index is 483. The van der Waals surface area contributed by atoms with Gasteiger partial charge in [-0.05, 0) is 12.2 Å². The van der Waals surface area contributed by atoms with Crippen LogP contribution in [-0.4, -0.2) is 66.8 Å². The zero-order valence-electron chi connectivity index (χ0n) is 11.0. The van der Waals surface area contributed by atoms with Crippen molar-refractivity contribution in [2.45, 2.75) is 0 Å². The Morgan fingerprint density at radius 1 is 1.00 bits per heavy atom. The number of imide groups is 2. The van der Waals surface area contributed by atoms with Crippen LogP contribution in [0.25, 0.3) is 0 Å². The van der Waals surface area contributed by atoms with Gasteiger partial charge in [-0.1, -0.05) is 0 Å². The summed E-state index contributed by atoms with van der Waals surface area (Å²) in [5.41, 5.74) is -0.0546. The summed E-state index contributed by atoms with van der Waals surface area (Å²) in [5, 5.41) is 0. The highest BCUT2D eigenvalue weighted by Gasteiger charge is 2.37. The van der Waals surface area contributed by atoms with Crippen molar-refractivity contribution in [3.05, 3.63) is 23.6 Å². The summed E-state index contributed by atoms with van der Waals surface area (Å²) in [6.07, 6.45) is 2.96. The number of urea groups is 1. The van der Waals surface area contributed by atoms with Gasteiger partial charge in [0.25, 0.3) is 11.8 Å². The summed E-state index contributed by atoms with van der Waals surface area (Å²) in [6, 6.07) is -0.631. The second-order valence-corrected chi connectivity index (χ2v) is 4.37. The van der Waals surface area contributed by atoms with Crippen molar-refractivity contribution in [1.82, 2.24) is 14.7 Å². The van der Waals surface area contributed by atoms with Gasteiger partial charge in [0, 0.05) is 21.1 Å². The van der Waals surface area contributed by atoms with Crippen molar-refractivity contribution >= 4 is 17.8 Å². The zero-order valence-corrected chi connectivity index (χ0v) is 11.0. The van der Waals surface area contributed by atoms with Crippen LogP contribution >= 0.6 is 0 Å². The summed E-state index contributed by atoms with van der Waals surface area (Å²) < 4.78 is 5.33. The van der Waals surface area contributed by atoms with Crippen molar-refractivity contribution in [2.75, 3.05) is 34.3 Å². The molecule has 0 aromatic rings. The number of rotatable bonds is 1. The van der Waals surface area contributed by atoms with Crippen LogP contribution in [0.3, 0.4) is 0 Å². The molecular formula is C12H15N3O4. The Labute approximate surface area is 110 Å². The monoisotopic (exact) mass is 265 g/mol. The molecule has 2 aliphatic rings. The zero-order chi connectivity index (χ0) is 14.2. The fraction of sp³-hybridized carbons (Fsp3) is 0.417. The van der Waals surface area contributed by atoms with Gasteiger partial charge < -0.3 is 9.64 Å². The van der Waals surface area contributed by atoms with Crippen molar-refractivity contribution < 1.29 is 19.1 Å². The lowest BCUT2D eigenvalue weighted by Crippen LogP contribution is -2.53. The molecule has 2 saturated heterocycles. The van der Waals surface area contributed by atoms with Gasteiger partial charge in [-0.25, -0.2) is 4.79 Å². The molecule has 0 aliphatic carbocycles. The molecule has 0 radical (unpaired) electrons. The standard InChI is InChI=1S/C12H15N3O4/c1-13-6-7-19-9(13)5-4-8-10(16)14(2)12(18)15(3)11(8)17/h4-5H,6-7H2,1-3H3/b9-5-. The van der Waals surface area contributed by atoms with E-state index in [1.807, 2.05) is 11.9 Å². The molecule has 0 atom stereocenters. The number of barbiturate groups is 1. The lowest BCUT2D eigenvalue weighted by atomic mass is 10.1. The van der Waals surface area contributed by atoms with Crippen LogP contribution in [0, 0.1) is 0 Å². The Morgan fingerprint density at radius 3 is 2.05 bits per heavy atom. The molecular weight excluding hydrogens is 250 g/mol. The molecule has 0 bridgehead atoms. The Kier molecular flexibility index (Phi) is 3.28. The molecule has 0 spiro atoms. The predicted octanol–water partition coefficient (Wildman–Crippen LogP) is -0.233. The van der Waals surface area contributed by atoms with Crippen molar-refractivity contribution in [2.24, 2.45) is 0 Å². The number of hydrogen-bond donors (Lipinski definition) is 0. The fourth-order valence-corrected chi connectivity index (χ4v) is 1.83. The van der Waals surface area contributed by atoms with Gasteiger partial charge in [-0.3, -0.25) is 19.4 Å². The number of carbonyl (C=O) groups excluding carboxylic acids is 3. The summed E-state index contributed by atoms with van der Waals surface area (Å²) in [4.78, 5) is 39.0. The lowest BCUT2D eigenvalue weighted by molar-refractivity contribution is -0.134. The minimum absolute atomic E-state index is 0.0546. The minimum atomic E-state index is -0.631. The molecule has 2 fully saturated rings. The van der Waals surface area contributed by atoms with Crippen LogP contribution in [-0.2, 0) is 14.3 Å². The van der Waals surface area contributed by atoms with Crippen molar-refractivity contribution in [3.8, 4) is 0 Å². The highest BCUT2D eigenvalue weighted by atomic mass is 16.5. The summed E-state index contributed by atoms with van der Waals surface area (Å²) in [6.45, 7) is 1.33. The molecule has 0 saturated carbocycles. The smallest absolute Gasteiger partial charge is 0.333 e. The molecule has 0 aromatic carbocycles. The average molecular weight is 265 g/mol. The van der Waals surface area contributed by atoms with E-state index >= 15 is 0 Å². The molecule has 102 valence electrons. The highest BCUT2D eigenvalue weighted by Crippen LogP contribution is 2.16. The molecule has 0 aromatic heterocycles. The predicted molar refractivity (Wildman–Crippen MR) is 65.7 cm³/mol. The van der Waals surface area contributed by atoms with Gasteiger partial charge >= 0.3 is 6.03 Å². The van der Waals surface area contributed by atoms with Gasteiger partial charge in [-0.15, -0.1) is 0 Å². The minimum Gasteiger partial charge on any atom is -0.477 e. The Balaban J connectivity index is 2.30. The van der Waals surface area contributed by atoms with E-state index in [2.05, 4.69) is 0 Å². The van der Waals surface area contributed by atoms with E-state index in [9.17, 15) is 14.4 Å². The molecule has 2 aliphatic heterocycles. The number of likely N-dealkylation sites (N-methyl/N-ethyl adjacent to an activating group) is 3. The summed E-state index contributed by atoms with van der Waals surface area (Å²) in [7, 11) is 4.53. The topological polar surface area (TPSA) is 70.2 Å². The molecule has 19 heavy (non-hydrogen) atoms. The second-order valence-electron chi connectivity index (χ2n) is 4.37. The molecule has 0 unspecified atom stereocenters. The molecule has 2 rings (SSSR count). The van der Waals surface area contributed by atoms with Crippen LogP contribution < -0.4 is 0 Å². The van der Waals surface area contributed by atoms with E-state index in [1.165, 1.54) is 20.2 Å². The molecule has 7 nitrogen and oxygen atoms in total. The first kappa shape index (κ1) is 13.1. The van der Waals surface area contributed by atoms with Crippen molar-refractivity contribution in [3.63, 3.8) is 0 Å².